The Bertz CT molecular complexity index is 981. The van der Waals surface area contributed by atoms with Crippen molar-refractivity contribution in [1.82, 2.24) is 14.5 Å². The molecule has 0 saturated carbocycles. The molecule has 1 aliphatic rings. The number of hydrogen-bond acceptors (Lipinski definition) is 3. The molecule has 0 bridgehead atoms. The Morgan fingerprint density at radius 3 is 2.69 bits per heavy atom. The van der Waals surface area contributed by atoms with Crippen molar-refractivity contribution in [3.8, 4) is 0 Å². The minimum atomic E-state index is -0.164. The average Bonchev–Trinajstić information content (AvgIpc) is 3.13. The monoisotopic (exact) mass is 347 g/mol. The Kier molecular flexibility index (Phi) is 4.52. The van der Waals surface area contributed by atoms with E-state index in [2.05, 4.69) is 17.1 Å². The number of carbonyl (C=O) groups is 1. The summed E-state index contributed by atoms with van der Waals surface area (Å²) in [6, 6.07) is 17.7. The molecule has 1 aliphatic heterocycles. The van der Waals surface area contributed by atoms with Gasteiger partial charge in [0.15, 0.2) is 0 Å². The smallest absolute Gasteiger partial charge is 0.261 e. The predicted molar refractivity (Wildman–Crippen MR) is 101 cm³/mol. The van der Waals surface area contributed by atoms with E-state index in [9.17, 15) is 9.59 Å². The van der Waals surface area contributed by atoms with Crippen LogP contribution in [0.15, 0.2) is 65.7 Å². The van der Waals surface area contributed by atoms with Gasteiger partial charge in [-0.1, -0.05) is 42.5 Å². The van der Waals surface area contributed by atoms with Crippen LogP contribution in [-0.4, -0.2) is 32.9 Å². The second-order valence-electron chi connectivity index (χ2n) is 6.77. The number of para-hydroxylation sites is 1. The van der Waals surface area contributed by atoms with E-state index in [-0.39, 0.29) is 24.1 Å². The first-order valence-electron chi connectivity index (χ1n) is 9.00. The highest BCUT2D eigenvalue weighted by atomic mass is 16.2. The molecule has 0 aliphatic carbocycles. The van der Waals surface area contributed by atoms with E-state index in [0.717, 1.165) is 25.8 Å². The van der Waals surface area contributed by atoms with Crippen LogP contribution in [0.1, 0.15) is 18.4 Å². The maximum absolute atomic E-state index is 12.8. The fraction of sp³-hybridized carbons (Fsp3) is 0.286. The summed E-state index contributed by atoms with van der Waals surface area (Å²) in [6.07, 6.45) is 4.35. The fourth-order valence-electron chi connectivity index (χ4n) is 3.72. The average molecular weight is 347 g/mol. The SMILES string of the molecule is O=C(Cn1cnc2ccccc2c1=O)N1CCCC1Cc1ccccc1. The summed E-state index contributed by atoms with van der Waals surface area (Å²) in [6.45, 7) is 0.800. The first-order valence-corrected chi connectivity index (χ1v) is 9.00. The van der Waals surface area contributed by atoms with Crippen molar-refractivity contribution in [2.75, 3.05) is 6.54 Å². The highest BCUT2D eigenvalue weighted by Crippen LogP contribution is 2.21. The molecule has 5 nitrogen and oxygen atoms in total. The molecule has 1 fully saturated rings. The highest BCUT2D eigenvalue weighted by Gasteiger charge is 2.28. The Hall–Kier alpha value is -2.95. The molecule has 1 atom stereocenters. The second kappa shape index (κ2) is 7.12. The molecular formula is C21H21N3O2. The van der Waals surface area contributed by atoms with E-state index < -0.39 is 0 Å². The summed E-state index contributed by atoms with van der Waals surface area (Å²) in [5.41, 5.74) is 1.73. The van der Waals surface area contributed by atoms with Gasteiger partial charge < -0.3 is 4.90 Å². The molecule has 0 spiro atoms. The van der Waals surface area contributed by atoms with Gasteiger partial charge in [-0.25, -0.2) is 4.98 Å². The largest absolute Gasteiger partial charge is 0.338 e. The summed E-state index contributed by atoms with van der Waals surface area (Å²) in [5.74, 6) is -0.0115. The molecule has 0 radical (unpaired) electrons. The van der Waals surface area contributed by atoms with Crippen LogP contribution in [0.4, 0.5) is 0 Å². The molecule has 132 valence electrons. The van der Waals surface area contributed by atoms with Crippen molar-refractivity contribution >= 4 is 16.8 Å². The molecule has 1 saturated heterocycles. The molecular weight excluding hydrogens is 326 g/mol. The number of benzene rings is 2. The number of nitrogens with zero attached hydrogens (tertiary/aromatic N) is 3. The zero-order chi connectivity index (χ0) is 17.9. The number of fused-ring (bicyclic) bond motifs is 1. The number of rotatable bonds is 4. The molecule has 1 unspecified atom stereocenters. The second-order valence-corrected chi connectivity index (χ2v) is 6.77. The predicted octanol–water partition coefficient (Wildman–Crippen LogP) is 2.63. The summed E-state index contributed by atoms with van der Waals surface area (Å²) in [7, 11) is 0. The van der Waals surface area contributed by atoms with Crippen molar-refractivity contribution in [3.05, 3.63) is 76.8 Å². The van der Waals surface area contributed by atoms with Gasteiger partial charge in [0, 0.05) is 12.6 Å². The van der Waals surface area contributed by atoms with Gasteiger partial charge in [-0.05, 0) is 37.0 Å². The van der Waals surface area contributed by atoms with Gasteiger partial charge in [0.25, 0.3) is 5.56 Å². The van der Waals surface area contributed by atoms with Crippen molar-refractivity contribution in [3.63, 3.8) is 0 Å². The lowest BCUT2D eigenvalue weighted by atomic mass is 10.0. The first kappa shape index (κ1) is 16.5. The quantitative estimate of drug-likeness (QED) is 0.729. The number of amides is 1. The molecule has 3 aromatic rings. The van der Waals surface area contributed by atoms with Gasteiger partial charge in [0.2, 0.25) is 5.91 Å². The van der Waals surface area contributed by atoms with E-state index >= 15 is 0 Å². The van der Waals surface area contributed by atoms with Crippen molar-refractivity contribution in [1.29, 1.82) is 0 Å². The molecule has 1 amide bonds. The molecule has 5 heteroatoms. The highest BCUT2D eigenvalue weighted by molar-refractivity contribution is 5.79. The van der Waals surface area contributed by atoms with Crippen LogP contribution in [0.5, 0.6) is 0 Å². The van der Waals surface area contributed by atoms with Gasteiger partial charge in [0.05, 0.1) is 17.2 Å². The van der Waals surface area contributed by atoms with Gasteiger partial charge in [-0.15, -0.1) is 0 Å². The lowest BCUT2D eigenvalue weighted by Crippen LogP contribution is -2.40. The third kappa shape index (κ3) is 3.25. The lowest BCUT2D eigenvalue weighted by molar-refractivity contribution is -0.132. The van der Waals surface area contributed by atoms with Crippen LogP contribution >= 0.6 is 0 Å². The van der Waals surface area contributed by atoms with E-state index in [1.165, 1.54) is 16.5 Å². The summed E-state index contributed by atoms with van der Waals surface area (Å²) in [4.78, 5) is 31.7. The van der Waals surface area contributed by atoms with Gasteiger partial charge in [0.1, 0.15) is 6.54 Å². The lowest BCUT2D eigenvalue weighted by Gasteiger charge is -2.25. The zero-order valence-corrected chi connectivity index (χ0v) is 14.5. The summed E-state index contributed by atoms with van der Waals surface area (Å²) < 4.78 is 1.42. The van der Waals surface area contributed by atoms with Crippen LogP contribution in [0, 0.1) is 0 Å². The summed E-state index contributed by atoms with van der Waals surface area (Å²) in [5, 5.41) is 0.546. The molecule has 4 rings (SSSR count). The van der Waals surface area contributed by atoms with Gasteiger partial charge in [-0.2, -0.15) is 0 Å². The van der Waals surface area contributed by atoms with E-state index in [0.29, 0.717) is 10.9 Å². The third-order valence-corrected chi connectivity index (χ3v) is 5.05. The normalized spacial score (nSPS) is 16.9. The van der Waals surface area contributed by atoms with Crippen LogP contribution < -0.4 is 5.56 Å². The van der Waals surface area contributed by atoms with Crippen LogP contribution in [0.3, 0.4) is 0 Å². The minimum absolute atomic E-state index is 0.0115. The molecule has 2 heterocycles. The van der Waals surface area contributed by atoms with E-state index in [4.69, 9.17) is 0 Å². The van der Waals surface area contributed by atoms with E-state index in [1.807, 2.05) is 35.2 Å². The molecule has 2 aromatic carbocycles. The molecule has 0 N–H and O–H groups in total. The maximum Gasteiger partial charge on any atom is 0.261 e. The number of hydrogen-bond donors (Lipinski definition) is 0. The van der Waals surface area contributed by atoms with Crippen LogP contribution in [0.2, 0.25) is 0 Å². The molecule has 1 aromatic heterocycles. The first-order chi connectivity index (χ1) is 12.7. The number of likely N-dealkylation sites (tertiary alicyclic amines) is 1. The Morgan fingerprint density at radius 1 is 1.08 bits per heavy atom. The van der Waals surface area contributed by atoms with Crippen molar-refractivity contribution < 1.29 is 4.79 Å². The standard InChI is InChI=1S/C21H21N3O2/c25-20(14-23-15-22-19-11-5-4-10-18(19)21(23)26)24-12-6-9-17(24)13-16-7-2-1-3-8-16/h1-5,7-8,10-11,15,17H,6,9,12-14H2. The summed E-state index contributed by atoms with van der Waals surface area (Å²) >= 11 is 0. The van der Waals surface area contributed by atoms with Gasteiger partial charge >= 0.3 is 0 Å². The van der Waals surface area contributed by atoms with Crippen molar-refractivity contribution in [2.24, 2.45) is 0 Å². The Balaban J connectivity index is 1.52. The zero-order valence-electron chi connectivity index (χ0n) is 14.5. The van der Waals surface area contributed by atoms with Gasteiger partial charge in [-0.3, -0.25) is 14.2 Å². The Morgan fingerprint density at radius 2 is 1.85 bits per heavy atom. The minimum Gasteiger partial charge on any atom is -0.338 e. The van der Waals surface area contributed by atoms with Crippen LogP contribution in [-0.2, 0) is 17.8 Å². The van der Waals surface area contributed by atoms with E-state index in [1.54, 1.807) is 12.1 Å². The maximum atomic E-state index is 12.8. The fourth-order valence-corrected chi connectivity index (χ4v) is 3.72. The van der Waals surface area contributed by atoms with Crippen LogP contribution in [0.25, 0.3) is 10.9 Å². The van der Waals surface area contributed by atoms with Crippen molar-refractivity contribution in [2.45, 2.75) is 31.8 Å². The Labute approximate surface area is 151 Å². The molecule has 26 heavy (non-hydrogen) atoms. The number of aromatic nitrogens is 2. The third-order valence-electron chi connectivity index (χ3n) is 5.05. The topological polar surface area (TPSA) is 55.2 Å². The number of carbonyl (C=O) groups excluding carboxylic acids is 1.